The van der Waals surface area contributed by atoms with Crippen molar-refractivity contribution in [3.63, 3.8) is 0 Å². The predicted molar refractivity (Wildman–Crippen MR) is 93.2 cm³/mol. The van der Waals surface area contributed by atoms with E-state index in [1.165, 1.54) is 0 Å². The summed E-state index contributed by atoms with van der Waals surface area (Å²) in [7, 11) is 0. The molecule has 0 fully saturated rings. The van der Waals surface area contributed by atoms with Crippen LogP contribution in [0.25, 0.3) is 6.08 Å². The van der Waals surface area contributed by atoms with Crippen LogP contribution >= 0.6 is 0 Å². The third-order valence-electron chi connectivity index (χ3n) is 3.63. The molecule has 2 rings (SSSR count). The van der Waals surface area contributed by atoms with Crippen LogP contribution in [-0.4, -0.2) is 21.1 Å². The van der Waals surface area contributed by atoms with Gasteiger partial charge in [0.25, 0.3) is 0 Å². The average molecular weight is 381 g/mol. The van der Waals surface area contributed by atoms with Gasteiger partial charge in [-0.25, -0.2) is 0 Å². The van der Waals surface area contributed by atoms with Gasteiger partial charge in [-0.1, -0.05) is 0 Å². The van der Waals surface area contributed by atoms with Crippen molar-refractivity contribution in [2.24, 2.45) is 10.8 Å². The zero-order valence-corrected chi connectivity index (χ0v) is 16.2. The van der Waals surface area contributed by atoms with E-state index in [2.05, 4.69) is 16.0 Å². The SMILES string of the molecule is CC(C)(C)C1=CC(=Cc2c(O)c(=O)c2=O)C([SeH])=C(C(C)(C)C)O1. The summed E-state index contributed by atoms with van der Waals surface area (Å²) in [5.74, 6) is 1.12. The Labute approximate surface area is 144 Å². The molecule has 0 amide bonds. The molecule has 1 aromatic carbocycles. The molecule has 0 bridgehead atoms. The van der Waals surface area contributed by atoms with Crippen molar-refractivity contribution in [1.82, 2.24) is 0 Å². The van der Waals surface area contributed by atoms with Crippen molar-refractivity contribution in [3.8, 4) is 5.75 Å². The zero-order valence-electron chi connectivity index (χ0n) is 14.3. The Morgan fingerprint density at radius 3 is 2.04 bits per heavy atom. The molecule has 0 aliphatic carbocycles. The first-order valence-electron chi connectivity index (χ1n) is 7.42. The van der Waals surface area contributed by atoms with E-state index in [1.54, 1.807) is 6.08 Å². The Morgan fingerprint density at radius 1 is 1.04 bits per heavy atom. The number of allylic oxidation sites excluding steroid dienone is 5. The molecule has 0 unspecified atom stereocenters. The molecule has 1 N–H and O–H groups in total. The summed E-state index contributed by atoms with van der Waals surface area (Å²) in [4.78, 5) is 22.8. The second kappa shape index (κ2) is 5.50. The molecule has 0 spiro atoms. The summed E-state index contributed by atoms with van der Waals surface area (Å²) in [6.45, 7) is 12.3. The first-order chi connectivity index (χ1) is 10.3. The number of rotatable bonds is 1. The van der Waals surface area contributed by atoms with Gasteiger partial charge in [0.15, 0.2) is 0 Å². The van der Waals surface area contributed by atoms with Crippen LogP contribution in [0.4, 0.5) is 0 Å². The van der Waals surface area contributed by atoms with Crippen LogP contribution in [0.5, 0.6) is 5.75 Å². The minimum atomic E-state index is -0.823. The monoisotopic (exact) mass is 382 g/mol. The van der Waals surface area contributed by atoms with Crippen molar-refractivity contribution < 1.29 is 9.84 Å². The van der Waals surface area contributed by atoms with Gasteiger partial charge in [0.1, 0.15) is 0 Å². The van der Waals surface area contributed by atoms with E-state index in [9.17, 15) is 14.7 Å². The van der Waals surface area contributed by atoms with Gasteiger partial charge in [-0.3, -0.25) is 0 Å². The Balaban J connectivity index is 2.65. The Kier molecular flexibility index (Phi) is 4.25. The van der Waals surface area contributed by atoms with E-state index in [-0.39, 0.29) is 16.4 Å². The van der Waals surface area contributed by atoms with Crippen molar-refractivity contribution in [2.75, 3.05) is 0 Å². The minimum absolute atomic E-state index is 0.0632. The van der Waals surface area contributed by atoms with Crippen LogP contribution in [0.1, 0.15) is 47.1 Å². The number of ether oxygens (including phenoxy) is 1. The molecule has 1 heterocycles. The van der Waals surface area contributed by atoms with Gasteiger partial charge >= 0.3 is 144 Å². The van der Waals surface area contributed by atoms with Gasteiger partial charge in [0.05, 0.1) is 0 Å². The van der Waals surface area contributed by atoms with E-state index in [1.807, 2.05) is 47.6 Å². The van der Waals surface area contributed by atoms with E-state index in [0.29, 0.717) is 0 Å². The van der Waals surface area contributed by atoms with E-state index < -0.39 is 16.6 Å². The molecule has 1 aliphatic heterocycles. The van der Waals surface area contributed by atoms with Crippen molar-refractivity contribution >= 4 is 22.1 Å². The molecule has 0 saturated carbocycles. The first-order valence-corrected chi connectivity index (χ1v) is 8.36. The molecule has 4 nitrogen and oxygen atoms in total. The Bertz CT molecular complexity index is 817. The Morgan fingerprint density at radius 2 is 1.61 bits per heavy atom. The number of hydrogen-bond donors (Lipinski definition) is 1. The van der Waals surface area contributed by atoms with Crippen molar-refractivity contribution in [2.45, 2.75) is 41.5 Å². The fraction of sp³-hybridized carbons (Fsp3) is 0.444. The standard InChI is InChI=1S/C18H22O4Se/c1-17(2,3)11-8-9(7-10-12(19)14(21)13(10)20)15(23)16(22-11)18(4,5)6/h7-8,19,23H,1-6H3. The summed E-state index contributed by atoms with van der Waals surface area (Å²) in [6, 6.07) is 0. The van der Waals surface area contributed by atoms with Crippen LogP contribution in [0.3, 0.4) is 0 Å². The molecule has 1 aliphatic rings. The van der Waals surface area contributed by atoms with Crippen LogP contribution < -0.4 is 10.9 Å². The molecular formula is C18H22O4Se. The summed E-state index contributed by atoms with van der Waals surface area (Å²) in [6.07, 6.45) is 3.42. The van der Waals surface area contributed by atoms with E-state index >= 15 is 0 Å². The summed E-state index contributed by atoms with van der Waals surface area (Å²) < 4.78 is 6.96. The maximum atomic E-state index is 11.6. The molecule has 0 atom stereocenters. The normalized spacial score (nSPS) is 18.4. The van der Waals surface area contributed by atoms with Crippen LogP contribution in [0, 0.1) is 10.8 Å². The van der Waals surface area contributed by atoms with E-state index in [0.717, 1.165) is 21.6 Å². The summed E-state index contributed by atoms with van der Waals surface area (Å²) in [5.41, 5.74) is -1.08. The molecular weight excluding hydrogens is 359 g/mol. The third-order valence-corrected chi connectivity index (χ3v) is 4.60. The molecule has 5 heteroatoms. The van der Waals surface area contributed by atoms with Crippen LogP contribution in [0.2, 0.25) is 0 Å². The fourth-order valence-corrected chi connectivity index (χ4v) is 3.27. The predicted octanol–water partition coefficient (Wildman–Crippen LogP) is 2.49. The van der Waals surface area contributed by atoms with Crippen LogP contribution in [-0.2, 0) is 4.74 Å². The average Bonchev–Trinajstić information content (AvgIpc) is 2.42. The molecule has 124 valence electrons. The zero-order chi connectivity index (χ0) is 17.7. The van der Waals surface area contributed by atoms with Crippen LogP contribution in [0.15, 0.2) is 37.2 Å². The molecule has 0 aromatic heterocycles. The summed E-state index contributed by atoms with van der Waals surface area (Å²) in [5, 5.41) is 9.61. The molecule has 0 radical (unpaired) electrons. The van der Waals surface area contributed by atoms with E-state index in [4.69, 9.17) is 4.74 Å². The fourth-order valence-electron chi connectivity index (χ4n) is 2.20. The topological polar surface area (TPSA) is 63.6 Å². The Hall–Kier alpha value is -1.58. The van der Waals surface area contributed by atoms with Crippen molar-refractivity contribution in [1.29, 1.82) is 0 Å². The van der Waals surface area contributed by atoms with Gasteiger partial charge in [-0.15, -0.1) is 0 Å². The molecule has 0 saturated heterocycles. The van der Waals surface area contributed by atoms with Gasteiger partial charge in [0, 0.05) is 0 Å². The van der Waals surface area contributed by atoms with Gasteiger partial charge < -0.3 is 0 Å². The second-order valence-corrected chi connectivity index (χ2v) is 8.75. The number of aromatic hydroxyl groups is 1. The number of hydrogen-bond acceptors (Lipinski definition) is 4. The maximum absolute atomic E-state index is 11.6. The molecule has 23 heavy (non-hydrogen) atoms. The second-order valence-electron chi connectivity index (χ2n) is 7.81. The van der Waals surface area contributed by atoms with Gasteiger partial charge in [0.2, 0.25) is 0 Å². The first kappa shape index (κ1) is 17.8. The molecule has 1 aromatic rings. The van der Waals surface area contributed by atoms with Gasteiger partial charge in [-0.05, 0) is 0 Å². The van der Waals surface area contributed by atoms with Gasteiger partial charge in [-0.2, -0.15) is 0 Å². The van der Waals surface area contributed by atoms with Crippen molar-refractivity contribution in [3.05, 3.63) is 53.6 Å². The summed E-state index contributed by atoms with van der Waals surface area (Å²) >= 11 is 2.46. The third kappa shape index (κ3) is 3.22. The quantitative estimate of drug-likeness (QED) is 0.600.